The third-order valence-corrected chi connectivity index (χ3v) is 7.62. The van der Waals surface area contributed by atoms with Crippen molar-refractivity contribution in [3.8, 4) is 0 Å². The highest BCUT2D eigenvalue weighted by molar-refractivity contribution is 9.10. The van der Waals surface area contributed by atoms with Crippen LogP contribution >= 0.6 is 27.3 Å². The Bertz CT molecular complexity index is 739. The summed E-state index contributed by atoms with van der Waals surface area (Å²) in [6.45, 7) is 2.50. The quantitative estimate of drug-likeness (QED) is 0.804. The van der Waals surface area contributed by atoms with Crippen LogP contribution in [0.5, 0.6) is 0 Å². The molecule has 0 fully saturated rings. The Kier molecular flexibility index (Phi) is 3.75. The van der Waals surface area contributed by atoms with Crippen molar-refractivity contribution < 1.29 is 8.42 Å². The molecule has 1 unspecified atom stereocenters. The largest absolute Gasteiger partial charge is 0.244 e. The molecule has 1 aromatic carbocycles. The fraction of sp³-hybridized carbons (Fsp3) is 0.286. The molecule has 0 saturated carbocycles. The average Bonchev–Trinajstić information content (AvgIpc) is 2.88. The van der Waals surface area contributed by atoms with E-state index in [1.54, 1.807) is 33.8 Å². The second kappa shape index (κ2) is 5.26. The summed E-state index contributed by atoms with van der Waals surface area (Å²) in [7, 11) is -3.47. The van der Waals surface area contributed by atoms with E-state index >= 15 is 0 Å². The van der Waals surface area contributed by atoms with Crippen LogP contribution in [0.25, 0.3) is 0 Å². The maximum Gasteiger partial charge on any atom is 0.244 e. The molecule has 0 N–H and O–H groups in total. The summed E-state index contributed by atoms with van der Waals surface area (Å²) in [5.74, 6) is 0. The van der Waals surface area contributed by atoms with E-state index in [0.717, 1.165) is 12.0 Å². The zero-order chi connectivity index (χ0) is 14.3. The van der Waals surface area contributed by atoms with Crippen molar-refractivity contribution >= 4 is 37.3 Å². The average molecular weight is 372 g/mol. The standard InChI is InChI=1S/C14H14BrNO2S2/c1-10-11-7-9-19-13(11)6-8-16(10)20(17,18)14-5-3-2-4-12(14)15/h2-5,7,9-10H,6,8H2,1H3. The smallest absolute Gasteiger partial charge is 0.207 e. The van der Waals surface area contributed by atoms with Crippen molar-refractivity contribution in [3.63, 3.8) is 0 Å². The van der Waals surface area contributed by atoms with Crippen LogP contribution in [0.15, 0.2) is 45.1 Å². The summed E-state index contributed by atoms with van der Waals surface area (Å²) in [6.07, 6.45) is 0.793. The lowest BCUT2D eigenvalue weighted by atomic mass is 10.0. The predicted octanol–water partition coefficient (Wildman–Crippen LogP) is 3.82. The lowest BCUT2D eigenvalue weighted by Crippen LogP contribution is -2.38. The van der Waals surface area contributed by atoms with E-state index in [2.05, 4.69) is 15.9 Å². The van der Waals surface area contributed by atoms with E-state index in [-0.39, 0.29) is 6.04 Å². The first-order valence-electron chi connectivity index (χ1n) is 6.34. The van der Waals surface area contributed by atoms with Crippen molar-refractivity contribution in [1.82, 2.24) is 4.31 Å². The molecule has 3 rings (SSSR count). The maximum absolute atomic E-state index is 12.8. The lowest BCUT2D eigenvalue weighted by molar-refractivity contribution is 0.329. The molecule has 2 heterocycles. The highest BCUT2D eigenvalue weighted by Gasteiger charge is 2.35. The molecule has 6 heteroatoms. The molecule has 0 amide bonds. The normalized spacial score (nSPS) is 19.8. The minimum atomic E-state index is -3.47. The molecule has 1 atom stereocenters. The number of nitrogens with zero attached hydrogens (tertiary/aromatic N) is 1. The van der Waals surface area contributed by atoms with Crippen LogP contribution in [-0.4, -0.2) is 19.3 Å². The van der Waals surface area contributed by atoms with Gasteiger partial charge in [-0.2, -0.15) is 4.31 Å². The second-order valence-corrected chi connectivity index (χ2v) is 8.49. The van der Waals surface area contributed by atoms with Gasteiger partial charge in [-0.3, -0.25) is 0 Å². The van der Waals surface area contributed by atoms with E-state index in [1.807, 2.05) is 24.4 Å². The van der Waals surface area contributed by atoms with Crippen LogP contribution in [0.3, 0.4) is 0 Å². The molecule has 0 saturated heterocycles. The SMILES string of the molecule is CC1c2ccsc2CCN1S(=O)(=O)c1ccccc1Br. The van der Waals surface area contributed by atoms with Gasteiger partial charge in [0.2, 0.25) is 10.0 Å². The first kappa shape index (κ1) is 14.3. The van der Waals surface area contributed by atoms with Gasteiger partial charge in [0.05, 0.1) is 4.90 Å². The van der Waals surface area contributed by atoms with Gasteiger partial charge in [0, 0.05) is 21.9 Å². The fourth-order valence-electron chi connectivity index (χ4n) is 2.60. The zero-order valence-corrected chi connectivity index (χ0v) is 14.1. The molecule has 3 nitrogen and oxygen atoms in total. The van der Waals surface area contributed by atoms with Crippen LogP contribution in [0.4, 0.5) is 0 Å². The summed E-state index contributed by atoms with van der Waals surface area (Å²) >= 11 is 5.05. The van der Waals surface area contributed by atoms with Crippen LogP contribution < -0.4 is 0 Å². The fourth-order valence-corrected chi connectivity index (χ4v) is 6.14. The zero-order valence-electron chi connectivity index (χ0n) is 10.9. The first-order valence-corrected chi connectivity index (χ1v) is 9.45. The Balaban J connectivity index is 2.04. The van der Waals surface area contributed by atoms with Crippen molar-refractivity contribution in [1.29, 1.82) is 0 Å². The van der Waals surface area contributed by atoms with Gasteiger partial charge in [-0.15, -0.1) is 11.3 Å². The first-order chi connectivity index (χ1) is 9.51. The molecule has 1 aliphatic heterocycles. The molecule has 0 spiro atoms. The Morgan fingerprint density at radius 1 is 1.30 bits per heavy atom. The Labute approximate surface area is 131 Å². The van der Waals surface area contributed by atoms with E-state index in [9.17, 15) is 8.42 Å². The third-order valence-electron chi connectivity index (χ3n) is 3.64. The highest BCUT2D eigenvalue weighted by Crippen LogP contribution is 2.37. The van der Waals surface area contributed by atoms with Gasteiger partial charge in [0.1, 0.15) is 0 Å². The van der Waals surface area contributed by atoms with Gasteiger partial charge in [-0.25, -0.2) is 8.42 Å². The summed E-state index contributed by atoms with van der Waals surface area (Å²) in [6, 6.07) is 8.91. The highest BCUT2D eigenvalue weighted by atomic mass is 79.9. The van der Waals surface area contributed by atoms with Crippen LogP contribution in [-0.2, 0) is 16.4 Å². The Morgan fingerprint density at radius 2 is 2.05 bits per heavy atom. The van der Waals surface area contributed by atoms with Crippen molar-refractivity contribution in [3.05, 3.63) is 50.6 Å². The third kappa shape index (κ3) is 2.24. The monoisotopic (exact) mass is 371 g/mol. The minimum absolute atomic E-state index is 0.109. The molecule has 0 aliphatic carbocycles. The molecule has 0 radical (unpaired) electrons. The van der Waals surface area contributed by atoms with Crippen molar-refractivity contribution in [2.45, 2.75) is 24.3 Å². The molecule has 1 aliphatic rings. The van der Waals surface area contributed by atoms with Gasteiger partial charge in [0.15, 0.2) is 0 Å². The topological polar surface area (TPSA) is 37.4 Å². The molecule has 2 aromatic rings. The van der Waals surface area contributed by atoms with Gasteiger partial charge >= 0.3 is 0 Å². The number of sulfonamides is 1. The molecule has 20 heavy (non-hydrogen) atoms. The van der Waals surface area contributed by atoms with E-state index in [4.69, 9.17) is 0 Å². The van der Waals surface area contributed by atoms with Crippen LogP contribution in [0, 0.1) is 0 Å². The number of benzene rings is 1. The summed E-state index contributed by atoms with van der Waals surface area (Å²) in [4.78, 5) is 1.64. The van der Waals surface area contributed by atoms with Crippen LogP contribution in [0.1, 0.15) is 23.4 Å². The van der Waals surface area contributed by atoms with E-state index in [0.29, 0.717) is 15.9 Å². The number of hydrogen-bond acceptors (Lipinski definition) is 3. The van der Waals surface area contributed by atoms with Gasteiger partial charge < -0.3 is 0 Å². The molecular formula is C14H14BrNO2S2. The van der Waals surface area contributed by atoms with E-state index < -0.39 is 10.0 Å². The summed E-state index contributed by atoms with van der Waals surface area (Å²) in [5.41, 5.74) is 1.14. The maximum atomic E-state index is 12.8. The Hall–Kier alpha value is -0.690. The molecular weight excluding hydrogens is 358 g/mol. The van der Waals surface area contributed by atoms with Crippen LogP contribution in [0.2, 0.25) is 0 Å². The summed E-state index contributed by atoms with van der Waals surface area (Å²) < 4.78 is 27.9. The minimum Gasteiger partial charge on any atom is -0.207 e. The predicted molar refractivity (Wildman–Crippen MR) is 84.5 cm³/mol. The molecule has 0 bridgehead atoms. The summed E-state index contributed by atoms with van der Waals surface area (Å²) in [5, 5.41) is 2.04. The van der Waals surface area contributed by atoms with E-state index in [1.165, 1.54) is 4.88 Å². The molecule has 106 valence electrons. The van der Waals surface area contributed by atoms with Crippen molar-refractivity contribution in [2.75, 3.05) is 6.54 Å². The number of halogens is 1. The number of thiophene rings is 1. The van der Waals surface area contributed by atoms with Crippen molar-refractivity contribution in [2.24, 2.45) is 0 Å². The van der Waals surface area contributed by atoms with Gasteiger partial charge in [-0.1, -0.05) is 12.1 Å². The number of rotatable bonds is 2. The molecule has 1 aromatic heterocycles. The van der Waals surface area contributed by atoms with Gasteiger partial charge in [-0.05, 0) is 58.4 Å². The lowest BCUT2D eigenvalue weighted by Gasteiger charge is -2.32. The second-order valence-electron chi connectivity index (χ2n) is 4.77. The van der Waals surface area contributed by atoms with Gasteiger partial charge in [0.25, 0.3) is 0 Å². The Morgan fingerprint density at radius 3 is 2.80 bits per heavy atom. The number of hydrogen-bond donors (Lipinski definition) is 0. The number of fused-ring (bicyclic) bond motifs is 1.